The number of aliphatic hydroxyl groups is 1. The number of hydrogen-bond donors (Lipinski definition) is 2. The maximum absolute atomic E-state index is 9.09. The largest absolute Gasteiger partial charge is 0.393 e. The van der Waals surface area contributed by atoms with Crippen molar-refractivity contribution in [1.29, 1.82) is 0 Å². The van der Waals surface area contributed by atoms with Crippen molar-refractivity contribution in [3.05, 3.63) is 22.8 Å². The Morgan fingerprint density at radius 2 is 2.31 bits per heavy atom. The van der Waals surface area contributed by atoms with Crippen molar-refractivity contribution in [2.24, 2.45) is 0 Å². The lowest BCUT2D eigenvalue weighted by Gasteiger charge is -2.32. The Balaban J connectivity index is 1.98. The molecular formula is C9H11BrN2O. The number of nitrogens with one attached hydrogen (secondary N) is 1. The molecule has 0 unspecified atom stereocenters. The fourth-order valence-electron chi connectivity index (χ4n) is 1.39. The second-order valence-electron chi connectivity index (χ2n) is 3.30. The van der Waals surface area contributed by atoms with Crippen molar-refractivity contribution >= 4 is 21.7 Å². The molecule has 0 atom stereocenters. The summed E-state index contributed by atoms with van der Waals surface area (Å²) < 4.78 is 0.969. The average molecular weight is 243 g/mol. The average Bonchev–Trinajstić information content (AvgIpc) is 2.06. The van der Waals surface area contributed by atoms with E-state index in [2.05, 4.69) is 26.2 Å². The highest BCUT2D eigenvalue weighted by atomic mass is 79.9. The third-order valence-electron chi connectivity index (χ3n) is 2.21. The second kappa shape index (κ2) is 3.64. The van der Waals surface area contributed by atoms with E-state index in [1.165, 1.54) is 0 Å². The minimum Gasteiger partial charge on any atom is -0.393 e. The van der Waals surface area contributed by atoms with Crippen LogP contribution in [0.4, 0.5) is 5.82 Å². The number of aliphatic hydroxyl groups excluding tert-OH is 1. The SMILES string of the molecule is OC1CC(Nc2ncccc2Br)C1. The van der Waals surface area contributed by atoms with Gasteiger partial charge in [0.05, 0.1) is 10.6 Å². The standard InChI is InChI=1S/C9H11BrN2O/c10-8-2-1-3-11-9(8)12-6-4-7(13)5-6/h1-3,6-7,13H,4-5H2,(H,11,12). The quantitative estimate of drug-likeness (QED) is 0.832. The molecule has 0 spiro atoms. The van der Waals surface area contributed by atoms with Gasteiger partial charge in [-0.1, -0.05) is 0 Å². The van der Waals surface area contributed by atoms with Crippen molar-refractivity contribution < 1.29 is 5.11 Å². The van der Waals surface area contributed by atoms with Gasteiger partial charge in [0.2, 0.25) is 0 Å². The van der Waals surface area contributed by atoms with Crippen LogP contribution in [0.2, 0.25) is 0 Å². The monoisotopic (exact) mass is 242 g/mol. The number of halogens is 1. The van der Waals surface area contributed by atoms with Gasteiger partial charge in [0, 0.05) is 12.2 Å². The smallest absolute Gasteiger partial charge is 0.140 e. The third kappa shape index (κ3) is 2.00. The fourth-order valence-corrected chi connectivity index (χ4v) is 1.76. The highest BCUT2D eigenvalue weighted by Crippen LogP contribution is 2.26. The van der Waals surface area contributed by atoms with Crippen LogP contribution in [0, 0.1) is 0 Å². The van der Waals surface area contributed by atoms with Crippen LogP contribution >= 0.6 is 15.9 Å². The van der Waals surface area contributed by atoms with Crippen LogP contribution in [0.5, 0.6) is 0 Å². The maximum atomic E-state index is 9.09. The van der Waals surface area contributed by atoms with Crippen molar-refractivity contribution in [2.75, 3.05) is 5.32 Å². The van der Waals surface area contributed by atoms with Crippen molar-refractivity contribution in [1.82, 2.24) is 4.98 Å². The molecule has 1 aliphatic rings. The number of aromatic nitrogens is 1. The Hall–Kier alpha value is -0.610. The van der Waals surface area contributed by atoms with Crippen LogP contribution in [-0.4, -0.2) is 22.2 Å². The van der Waals surface area contributed by atoms with Crippen LogP contribution < -0.4 is 5.32 Å². The topological polar surface area (TPSA) is 45.1 Å². The van der Waals surface area contributed by atoms with Gasteiger partial charge in [-0.25, -0.2) is 4.98 Å². The molecule has 0 aliphatic heterocycles. The van der Waals surface area contributed by atoms with Gasteiger partial charge in [0.1, 0.15) is 5.82 Å². The van der Waals surface area contributed by atoms with Gasteiger partial charge in [0.25, 0.3) is 0 Å². The molecule has 4 heteroatoms. The minimum atomic E-state index is -0.125. The van der Waals surface area contributed by atoms with Gasteiger partial charge < -0.3 is 10.4 Å². The first-order valence-corrected chi connectivity index (χ1v) is 5.10. The first-order valence-electron chi connectivity index (χ1n) is 4.31. The lowest BCUT2D eigenvalue weighted by atomic mass is 9.89. The zero-order chi connectivity index (χ0) is 9.26. The molecule has 2 rings (SSSR count). The Kier molecular flexibility index (Phi) is 2.51. The fraction of sp³-hybridized carbons (Fsp3) is 0.444. The Bertz CT molecular complexity index is 299. The highest BCUT2D eigenvalue weighted by molar-refractivity contribution is 9.10. The van der Waals surface area contributed by atoms with Crippen LogP contribution in [0.1, 0.15) is 12.8 Å². The summed E-state index contributed by atoms with van der Waals surface area (Å²) in [7, 11) is 0. The van der Waals surface area contributed by atoms with Gasteiger partial charge >= 0.3 is 0 Å². The van der Waals surface area contributed by atoms with Gasteiger partial charge in [-0.3, -0.25) is 0 Å². The summed E-state index contributed by atoms with van der Waals surface area (Å²) in [5, 5.41) is 12.4. The molecule has 0 radical (unpaired) electrons. The van der Waals surface area contributed by atoms with Crippen molar-refractivity contribution in [3.63, 3.8) is 0 Å². The molecule has 1 fully saturated rings. The lowest BCUT2D eigenvalue weighted by Crippen LogP contribution is -2.39. The second-order valence-corrected chi connectivity index (χ2v) is 4.15. The van der Waals surface area contributed by atoms with E-state index in [1.54, 1.807) is 6.20 Å². The number of pyridine rings is 1. The zero-order valence-electron chi connectivity index (χ0n) is 7.07. The molecule has 70 valence electrons. The highest BCUT2D eigenvalue weighted by Gasteiger charge is 2.27. The third-order valence-corrected chi connectivity index (χ3v) is 2.85. The van der Waals surface area contributed by atoms with E-state index in [1.807, 2.05) is 12.1 Å². The molecule has 0 aromatic carbocycles. The van der Waals surface area contributed by atoms with E-state index in [9.17, 15) is 0 Å². The summed E-state index contributed by atoms with van der Waals surface area (Å²) in [6.45, 7) is 0. The molecule has 1 saturated carbocycles. The molecule has 3 nitrogen and oxygen atoms in total. The van der Waals surface area contributed by atoms with Crippen LogP contribution in [0.25, 0.3) is 0 Å². The van der Waals surface area contributed by atoms with Crippen molar-refractivity contribution in [3.8, 4) is 0 Å². The molecule has 0 saturated heterocycles. The van der Waals surface area contributed by atoms with Crippen LogP contribution in [0.3, 0.4) is 0 Å². The summed E-state index contributed by atoms with van der Waals surface area (Å²) in [5.41, 5.74) is 0. The first kappa shape index (κ1) is 8.97. The van der Waals surface area contributed by atoms with Gasteiger partial charge in [-0.15, -0.1) is 0 Å². The maximum Gasteiger partial charge on any atom is 0.140 e. The minimum absolute atomic E-state index is 0.125. The number of rotatable bonds is 2. The van der Waals surface area contributed by atoms with E-state index >= 15 is 0 Å². The summed E-state index contributed by atoms with van der Waals surface area (Å²) in [6, 6.07) is 4.20. The normalized spacial score (nSPS) is 26.6. The van der Waals surface area contributed by atoms with Crippen LogP contribution in [-0.2, 0) is 0 Å². The molecular weight excluding hydrogens is 232 g/mol. The molecule has 1 aromatic rings. The summed E-state index contributed by atoms with van der Waals surface area (Å²) in [6.07, 6.45) is 3.27. The molecule has 0 bridgehead atoms. The number of nitrogens with zero attached hydrogens (tertiary/aromatic N) is 1. The van der Waals surface area contributed by atoms with E-state index in [0.29, 0.717) is 6.04 Å². The van der Waals surface area contributed by atoms with Gasteiger partial charge in [0.15, 0.2) is 0 Å². The van der Waals surface area contributed by atoms with E-state index < -0.39 is 0 Å². The number of hydrogen-bond acceptors (Lipinski definition) is 3. The molecule has 1 heterocycles. The van der Waals surface area contributed by atoms with E-state index in [4.69, 9.17) is 5.11 Å². The Morgan fingerprint density at radius 3 is 2.92 bits per heavy atom. The van der Waals surface area contributed by atoms with Gasteiger partial charge in [-0.05, 0) is 40.9 Å². The molecule has 1 aliphatic carbocycles. The lowest BCUT2D eigenvalue weighted by molar-refractivity contribution is 0.0835. The Labute approximate surface area is 85.3 Å². The Morgan fingerprint density at radius 1 is 1.54 bits per heavy atom. The van der Waals surface area contributed by atoms with Crippen LogP contribution in [0.15, 0.2) is 22.8 Å². The van der Waals surface area contributed by atoms with Gasteiger partial charge in [-0.2, -0.15) is 0 Å². The molecule has 1 aromatic heterocycles. The zero-order valence-corrected chi connectivity index (χ0v) is 8.66. The van der Waals surface area contributed by atoms with E-state index in [-0.39, 0.29) is 6.10 Å². The predicted molar refractivity (Wildman–Crippen MR) is 54.6 cm³/mol. The van der Waals surface area contributed by atoms with E-state index in [0.717, 1.165) is 23.1 Å². The molecule has 0 amide bonds. The van der Waals surface area contributed by atoms with Crippen molar-refractivity contribution in [2.45, 2.75) is 25.0 Å². The summed E-state index contributed by atoms with van der Waals surface area (Å²) >= 11 is 3.41. The molecule has 2 N–H and O–H groups in total. The first-order chi connectivity index (χ1) is 6.25. The summed E-state index contributed by atoms with van der Waals surface area (Å²) in [5.74, 6) is 0.861. The predicted octanol–water partition coefficient (Wildman–Crippen LogP) is 1.78. The number of anilines is 1. The summed E-state index contributed by atoms with van der Waals surface area (Å²) in [4.78, 5) is 4.19. The molecule has 13 heavy (non-hydrogen) atoms.